The molecule has 0 radical (unpaired) electrons. The van der Waals surface area contributed by atoms with Gasteiger partial charge in [0.05, 0.1) is 18.2 Å². The third kappa shape index (κ3) is 3.27. The van der Waals surface area contributed by atoms with Gasteiger partial charge in [-0.2, -0.15) is 23.1 Å². The molecule has 0 bridgehead atoms. The molecule has 0 amide bonds. The van der Waals surface area contributed by atoms with E-state index in [1.165, 1.54) is 13.2 Å². The molecule has 1 aliphatic heterocycles. The van der Waals surface area contributed by atoms with Gasteiger partial charge in [0.1, 0.15) is 5.82 Å². The van der Waals surface area contributed by atoms with Gasteiger partial charge in [-0.25, -0.2) is 0 Å². The van der Waals surface area contributed by atoms with E-state index < -0.39 is 11.7 Å². The highest BCUT2D eigenvalue weighted by molar-refractivity contribution is 5.90. The van der Waals surface area contributed by atoms with Gasteiger partial charge in [0, 0.05) is 36.8 Å². The molecule has 3 aromatic rings. The zero-order valence-electron chi connectivity index (χ0n) is 14.8. The molecule has 140 valence electrons. The standard InChI is InChI=1S/C19H17F3N4O/c1-11-3-4-16-14(7-11)17(25-18(24-16)27-2)26-6-5-15-12(10-26)8-13(9-23-15)19(20,21)22/h3-4,7-9H,5-6,10H2,1-2H3. The van der Waals surface area contributed by atoms with E-state index >= 15 is 0 Å². The molecule has 0 N–H and O–H groups in total. The number of halogens is 3. The number of rotatable bonds is 2. The summed E-state index contributed by atoms with van der Waals surface area (Å²) in [6.45, 7) is 2.88. The van der Waals surface area contributed by atoms with E-state index in [4.69, 9.17) is 4.74 Å². The minimum Gasteiger partial charge on any atom is -0.467 e. The van der Waals surface area contributed by atoms with Crippen molar-refractivity contribution in [2.75, 3.05) is 18.6 Å². The zero-order valence-corrected chi connectivity index (χ0v) is 14.8. The number of fused-ring (bicyclic) bond motifs is 2. The number of aryl methyl sites for hydroxylation is 1. The molecule has 0 saturated carbocycles. The van der Waals surface area contributed by atoms with E-state index in [1.54, 1.807) is 0 Å². The molecule has 0 saturated heterocycles. The van der Waals surface area contributed by atoms with Crippen LogP contribution >= 0.6 is 0 Å². The number of alkyl halides is 3. The number of anilines is 1. The summed E-state index contributed by atoms with van der Waals surface area (Å²) in [5.41, 5.74) is 2.31. The summed E-state index contributed by atoms with van der Waals surface area (Å²) >= 11 is 0. The largest absolute Gasteiger partial charge is 0.467 e. The first-order chi connectivity index (χ1) is 12.8. The second-order valence-electron chi connectivity index (χ2n) is 6.55. The van der Waals surface area contributed by atoms with Gasteiger partial charge in [-0.15, -0.1) is 0 Å². The third-order valence-corrected chi connectivity index (χ3v) is 4.66. The number of hydrogen-bond donors (Lipinski definition) is 0. The van der Waals surface area contributed by atoms with Gasteiger partial charge in [0.2, 0.25) is 0 Å². The highest BCUT2D eigenvalue weighted by Crippen LogP contribution is 2.33. The van der Waals surface area contributed by atoms with Crippen LogP contribution in [0.25, 0.3) is 10.9 Å². The van der Waals surface area contributed by atoms with Crippen molar-refractivity contribution in [1.82, 2.24) is 15.0 Å². The van der Waals surface area contributed by atoms with E-state index in [0.29, 0.717) is 36.6 Å². The quantitative estimate of drug-likeness (QED) is 0.680. The fraction of sp³-hybridized carbons (Fsp3) is 0.316. The lowest BCUT2D eigenvalue weighted by atomic mass is 10.0. The number of aromatic nitrogens is 3. The molecule has 0 aliphatic carbocycles. The van der Waals surface area contributed by atoms with Crippen LogP contribution in [-0.2, 0) is 19.1 Å². The minimum absolute atomic E-state index is 0.231. The molecule has 1 aliphatic rings. The molecular weight excluding hydrogens is 357 g/mol. The Bertz CT molecular complexity index is 1020. The zero-order chi connectivity index (χ0) is 19.2. The summed E-state index contributed by atoms with van der Waals surface area (Å²) < 4.78 is 44.3. The fourth-order valence-electron chi connectivity index (χ4n) is 3.30. The summed E-state index contributed by atoms with van der Waals surface area (Å²) in [6.07, 6.45) is -2.96. The second kappa shape index (κ2) is 6.37. The van der Waals surface area contributed by atoms with Crippen molar-refractivity contribution in [3.8, 4) is 6.01 Å². The van der Waals surface area contributed by atoms with Crippen LogP contribution in [0, 0.1) is 6.92 Å². The topological polar surface area (TPSA) is 51.1 Å². The van der Waals surface area contributed by atoms with Gasteiger partial charge in [0.25, 0.3) is 0 Å². The van der Waals surface area contributed by atoms with E-state index in [2.05, 4.69) is 15.0 Å². The fourth-order valence-corrected chi connectivity index (χ4v) is 3.30. The summed E-state index contributed by atoms with van der Waals surface area (Å²) in [7, 11) is 1.49. The van der Waals surface area contributed by atoms with Crippen LogP contribution in [0.1, 0.15) is 22.4 Å². The van der Waals surface area contributed by atoms with Gasteiger partial charge >= 0.3 is 12.2 Å². The second-order valence-corrected chi connectivity index (χ2v) is 6.55. The molecule has 0 fully saturated rings. The molecule has 0 atom stereocenters. The number of pyridine rings is 1. The molecule has 1 aromatic carbocycles. The van der Waals surface area contributed by atoms with Crippen LogP contribution in [0.15, 0.2) is 30.5 Å². The maximum absolute atomic E-state index is 13.0. The predicted octanol–water partition coefficient (Wildman–Crippen LogP) is 3.92. The van der Waals surface area contributed by atoms with Crippen molar-refractivity contribution in [2.45, 2.75) is 26.1 Å². The normalized spacial score (nSPS) is 14.3. The predicted molar refractivity (Wildman–Crippen MR) is 94.8 cm³/mol. The molecule has 27 heavy (non-hydrogen) atoms. The molecule has 0 unspecified atom stereocenters. The van der Waals surface area contributed by atoms with E-state index in [-0.39, 0.29) is 6.01 Å². The smallest absolute Gasteiger partial charge is 0.417 e. The Morgan fingerprint density at radius 2 is 1.96 bits per heavy atom. The number of ether oxygens (including phenoxy) is 1. The maximum Gasteiger partial charge on any atom is 0.417 e. The first-order valence-corrected chi connectivity index (χ1v) is 8.47. The monoisotopic (exact) mass is 374 g/mol. The van der Waals surface area contributed by atoms with Gasteiger partial charge in [0.15, 0.2) is 0 Å². The first kappa shape index (κ1) is 17.5. The summed E-state index contributed by atoms with van der Waals surface area (Å²) in [4.78, 5) is 14.8. The highest BCUT2D eigenvalue weighted by Gasteiger charge is 2.32. The average Bonchev–Trinajstić information content (AvgIpc) is 2.65. The number of nitrogens with zero attached hydrogens (tertiary/aromatic N) is 4. The van der Waals surface area contributed by atoms with Crippen LogP contribution < -0.4 is 9.64 Å². The molecule has 4 rings (SSSR count). The van der Waals surface area contributed by atoms with Gasteiger partial charge < -0.3 is 9.64 Å². The Kier molecular flexibility index (Phi) is 4.13. The molecule has 0 spiro atoms. The first-order valence-electron chi connectivity index (χ1n) is 8.47. The Hall–Kier alpha value is -2.90. The van der Waals surface area contributed by atoms with Crippen molar-refractivity contribution in [3.05, 3.63) is 52.8 Å². The summed E-state index contributed by atoms with van der Waals surface area (Å²) in [5, 5.41) is 0.846. The van der Waals surface area contributed by atoms with Crippen LogP contribution in [0.5, 0.6) is 6.01 Å². The van der Waals surface area contributed by atoms with Crippen LogP contribution in [0.2, 0.25) is 0 Å². The van der Waals surface area contributed by atoms with Crippen molar-refractivity contribution in [1.29, 1.82) is 0 Å². The Balaban J connectivity index is 1.78. The van der Waals surface area contributed by atoms with Crippen molar-refractivity contribution in [2.24, 2.45) is 0 Å². The minimum atomic E-state index is -4.41. The van der Waals surface area contributed by atoms with Crippen LogP contribution in [0.4, 0.5) is 19.0 Å². The number of benzene rings is 1. The Labute approximate surface area is 153 Å². The van der Waals surface area contributed by atoms with E-state index in [9.17, 15) is 13.2 Å². The lowest BCUT2D eigenvalue weighted by Crippen LogP contribution is -2.32. The summed E-state index contributed by atoms with van der Waals surface area (Å²) in [5.74, 6) is 0.656. The van der Waals surface area contributed by atoms with Crippen LogP contribution in [0.3, 0.4) is 0 Å². The number of methoxy groups -OCH3 is 1. The Morgan fingerprint density at radius 3 is 2.70 bits per heavy atom. The highest BCUT2D eigenvalue weighted by atomic mass is 19.4. The maximum atomic E-state index is 13.0. The molecular formula is C19H17F3N4O. The van der Waals surface area contributed by atoms with Gasteiger partial charge in [-0.05, 0) is 30.7 Å². The van der Waals surface area contributed by atoms with Gasteiger partial charge in [-0.3, -0.25) is 4.98 Å². The summed E-state index contributed by atoms with van der Waals surface area (Å²) in [6, 6.07) is 7.22. The SMILES string of the molecule is COc1nc(N2CCc3ncc(C(F)(F)F)cc3C2)c2cc(C)ccc2n1. The van der Waals surface area contributed by atoms with Crippen LogP contribution in [-0.4, -0.2) is 28.6 Å². The third-order valence-electron chi connectivity index (χ3n) is 4.66. The van der Waals surface area contributed by atoms with Crippen molar-refractivity contribution < 1.29 is 17.9 Å². The van der Waals surface area contributed by atoms with E-state index in [0.717, 1.165) is 22.7 Å². The van der Waals surface area contributed by atoms with E-state index in [1.807, 2.05) is 30.0 Å². The molecule has 8 heteroatoms. The molecule has 2 aromatic heterocycles. The molecule has 3 heterocycles. The van der Waals surface area contributed by atoms with Crippen molar-refractivity contribution >= 4 is 16.7 Å². The lowest BCUT2D eigenvalue weighted by molar-refractivity contribution is -0.137. The Morgan fingerprint density at radius 1 is 1.15 bits per heavy atom. The molecule has 5 nitrogen and oxygen atoms in total. The van der Waals surface area contributed by atoms with Crippen molar-refractivity contribution in [3.63, 3.8) is 0 Å². The van der Waals surface area contributed by atoms with Gasteiger partial charge in [-0.1, -0.05) is 11.6 Å². The average molecular weight is 374 g/mol. The number of hydrogen-bond acceptors (Lipinski definition) is 5. The lowest BCUT2D eigenvalue weighted by Gasteiger charge is -2.30.